The summed E-state index contributed by atoms with van der Waals surface area (Å²) in [5, 5.41) is 2.54. The maximum atomic E-state index is 12.9. The van der Waals surface area contributed by atoms with Crippen LogP contribution in [0.4, 0.5) is 13.2 Å². The number of alkyl halides is 3. The van der Waals surface area contributed by atoms with Gasteiger partial charge in [-0.25, -0.2) is 0 Å². The van der Waals surface area contributed by atoms with Crippen LogP contribution in [0.5, 0.6) is 0 Å². The Hall–Kier alpha value is -2.05. The van der Waals surface area contributed by atoms with Crippen LogP contribution in [0.3, 0.4) is 0 Å². The smallest absolute Gasteiger partial charge is 0.352 e. The van der Waals surface area contributed by atoms with Crippen molar-refractivity contribution in [1.82, 2.24) is 5.32 Å². The lowest BCUT2D eigenvalue weighted by molar-refractivity contribution is -0.138. The van der Waals surface area contributed by atoms with Gasteiger partial charge >= 0.3 is 6.18 Å². The van der Waals surface area contributed by atoms with Crippen LogP contribution in [0.25, 0.3) is 0 Å². The second kappa shape index (κ2) is 8.87. The van der Waals surface area contributed by atoms with Gasteiger partial charge in [0.2, 0.25) is 5.91 Å². The molecule has 1 amide bonds. The van der Waals surface area contributed by atoms with Crippen LogP contribution >= 0.6 is 12.4 Å². The molecule has 136 valence electrons. The summed E-state index contributed by atoms with van der Waals surface area (Å²) in [6, 6.07) is 13.8. The fourth-order valence-electron chi connectivity index (χ4n) is 2.42. The monoisotopic (exact) mass is 372 g/mol. The lowest BCUT2D eigenvalue weighted by Gasteiger charge is -2.20. The summed E-state index contributed by atoms with van der Waals surface area (Å²) < 4.78 is 38.8. The lowest BCUT2D eigenvalue weighted by Crippen LogP contribution is -2.35. The predicted molar refractivity (Wildman–Crippen MR) is 93.1 cm³/mol. The molecular formula is C18H20ClF3N2O. The van der Waals surface area contributed by atoms with E-state index in [4.69, 9.17) is 5.73 Å². The summed E-state index contributed by atoms with van der Waals surface area (Å²) in [4.78, 5) is 12.2. The van der Waals surface area contributed by atoms with Crippen LogP contribution in [0.15, 0.2) is 54.6 Å². The highest BCUT2D eigenvalue weighted by Gasteiger charge is 2.33. The number of nitrogens with one attached hydrogen (secondary N) is 1. The number of nitrogens with two attached hydrogens (primary N) is 1. The summed E-state index contributed by atoms with van der Waals surface area (Å²) in [5.74, 6) is -0.950. The van der Waals surface area contributed by atoms with Crippen LogP contribution in [-0.4, -0.2) is 5.91 Å². The molecule has 3 nitrogen and oxygen atoms in total. The quantitative estimate of drug-likeness (QED) is 0.831. The van der Waals surface area contributed by atoms with E-state index in [0.717, 1.165) is 11.6 Å². The van der Waals surface area contributed by atoms with Crippen LogP contribution in [0.1, 0.15) is 29.7 Å². The minimum atomic E-state index is -4.45. The number of amides is 1. The molecule has 0 aliphatic rings. The number of rotatable bonds is 5. The molecule has 2 unspecified atom stereocenters. The first-order valence-electron chi connectivity index (χ1n) is 7.54. The van der Waals surface area contributed by atoms with E-state index in [9.17, 15) is 18.0 Å². The number of hydrogen-bond acceptors (Lipinski definition) is 2. The molecule has 2 atom stereocenters. The fraction of sp³-hybridized carbons (Fsp3) is 0.278. The number of hydrogen-bond donors (Lipinski definition) is 2. The third-order valence-electron chi connectivity index (χ3n) is 3.91. The fourth-order valence-corrected chi connectivity index (χ4v) is 2.42. The second-order valence-corrected chi connectivity index (χ2v) is 5.60. The van der Waals surface area contributed by atoms with Crippen molar-refractivity contribution in [3.8, 4) is 0 Å². The zero-order valence-corrected chi connectivity index (χ0v) is 14.4. The Morgan fingerprint density at radius 1 is 1.08 bits per heavy atom. The van der Waals surface area contributed by atoms with Crippen molar-refractivity contribution in [1.29, 1.82) is 0 Å². The first kappa shape index (κ1) is 21.0. The summed E-state index contributed by atoms with van der Waals surface area (Å²) in [7, 11) is 0. The highest BCUT2D eigenvalue weighted by Crippen LogP contribution is 2.31. The summed E-state index contributed by atoms with van der Waals surface area (Å²) >= 11 is 0. The zero-order chi connectivity index (χ0) is 17.7. The van der Waals surface area contributed by atoms with Gasteiger partial charge in [0, 0.05) is 12.6 Å². The molecule has 7 heteroatoms. The molecule has 0 aliphatic heterocycles. The van der Waals surface area contributed by atoms with Crippen molar-refractivity contribution in [3.63, 3.8) is 0 Å². The summed E-state index contributed by atoms with van der Waals surface area (Å²) in [5.41, 5.74) is 6.15. The highest BCUT2D eigenvalue weighted by atomic mass is 35.5. The Kier molecular flexibility index (Phi) is 7.45. The Morgan fingerprint density at radius 3 is 2.24 bits per heavy atom. The number of carbonyl (C=O) groups excluding carboxylic acids is 1. The maximum absolute atomic E-state index is 12.9. The first-order valence-corrected chi connectivity index (χ1v) is 7.54. The molecule has 0 fully saturated rings. The molecule has 25 heavy (non-hydrogen) atoms. The third-order valence-corrected chi connectivity index (χ3v) is 3.91. The molecule has 0 bridgehead atoms. The average molecular weight is 373 g/mol. The van der Waals surface area contributed by atoms with Gasteiger partial charge in [0.1, 0.15) is 0 Å². The van der Waals surface area contributed by atoms with E-state index in [1.54, 1.807) is 6.92 Å². The van der Waals surface area contributed by atoms with Gasteiger partial charge in [0.15, 0.2) is 0 Å². The average Bonchev–Trinajstić information content (AvgIpc) is 2.58. The van der Waals surface area contributed by atoms with Crippen molar-refractivity contribution >= 4 is 18.3 Å². The standard InChI is InChI=1S/C18H19F3N2O.ClH/c1-12(16(22)13-7-3-2-4-8-13)17(24)23-11-14-9-5-6-10-15(14)18(19,20)21;/h2-10,12,16H,11,22H2,1H3,(H,23,24);1H. The van der Waals surface area contributed by atoms with Gasteiger partial charge in [-0.15, -0.1) is 12.4 Å². The van der Waals surface area contributed by atoms with Crippen molar-refractivity contribution in [2.75, 3.05) is 0 Å². The second-order valence-electron chi connectivity index (χ2n) is 5.60. The Balaban J connectivity index is 0.00000312. The SMILES string of the molecule is CC(C(=O)NCc1ccccc1C(F)(F)F)C(N)c1ccccc1.Cl. The number of carbonyl (C=O) groups is 1. The largest absolute Gasteiger partial charge is 0.416 e. The molecule has 0 aliphatic carbocycles. The molecule has 0 spiro atoms. The Morgan fingerprint density at radius 2 is 1.64 bits per heavy atom. The molecule has 0 heterocycles. The van der Waals surface area contributed by atoms with E-state index in [1.165, 1.54) is 18.2 Å². The minimum absolute atomic E-state index is 0. The summed E-state index contributed by atoms with van der Waals surface area (Å²) in [6.45, 7) is 1.46. The van der Waals surface area contributed by atoms with Gasteiger partial charge in [-0.2, -0.15) is 13.2 Å². The van der Waals surface area contributed by atoms with E-state index in [0.29, 0.717) is 0 Å². The highest BCUT2D eigenvalue weighted by molar-refractivity contribution is 5.85. The Bertz CT molecular complexity index is 692. The molecule has 0 radical (unpaired) electrons. The van der Waals surface area contributed by atoms with Gasteiger partial charge < -0.3 is 11.1 Å². The van der Waals surface area contributed by atoms with E-state index < -0.39 is 23.7 Å². The van der Waals surface area contributed by atoms with Crippen LogP contribution < -0.4 is 11.1 Å². The van der Waals surface area contributed by atoms with Crippen LogP contribution in [0, 0.1) is 5.92 Å². The molecule has 0 saturated heterocycles. The van der Waals surface area contributed by atoms with Crippen molar-refractivity contribution in [2.24, 2.45) is 11.7 Å². The summed E-state index contributed by atoms with van der Waals surface area (Å²) in [6.07, 6.45) is -4.45. The van der Waals surface area contributed by atoms with Crippen LogP contribution in [-0.2, 0) is 17.5 Å². The maximum Gasteiger partial charge on any atom is 0.416 e. The van der Waals surface area contributed by atoms with E-state index in [-0.39, 0.29) is 30.4 Å². The van der Waals surface area contributed by atoms with E-state index in [1.807, 2.05) is 30.3 Å². The van der Waals surface area contributed by atoms with Gasteiger partial charge in [-0.3, -0.25) is 4.79 Å². The van der Waals surface area contributed by atoms with Crippen molar-refractivity contribution in [3.05, 3.63) is 71.3 Å². The molecule has 2 aromatic rings. The molecule has 2 rings (SSSR count). The first-order chi connectivity index (χ1) is 11.3. The Labute approximate surface area is 150 Å². The van der Waals surface area contributed by atoms with Crippen LogP contribution in [0.2, 0.25) is 0 Å². The minimum Gasteiger partial charge on any atom is -0.352 e. The molecule has 0 aromatic heterocycles. The van der Waals surface area contributed by atoms with Gasteiger partial charge in [-0.05, 0) is 17.2 Å². The topological polar surface area (TPSA) is 55.1 Å². The van der Waals surface area contributed by atoms with E-state index in [2.05, 4.69) is 5.32 Å². The van der Waals surface area contributed by atoms with Gasteiger partial charge in [0.05, 0.1) is 11.5 Å². The van der Waals surface area contributed by atoms with E-state index >= 15 is 0 Å². The molecular weight excluding hydrogens is 353 g/mol. The predicted octanol–water partition coefficient (Wildman–Crippen LogP) is 4.08. The molecule has 0 saturated carbocycles. The third kappa shape index (κ3) is 5.47. The van der Waals surface area contributed by atoms with Crippen molar-refractivity contribution in [2.45, 2.75) is 25.7 Å². The zero-order valence-electron chi connectivity index (χ0n) is 13.6. The van der Waals surface area contributed by atoms with Gasteiger partial charge in [-0.1, -0.05) is 55.5 Å². The normalized spacial score (nSPS) is 13.5. The number of halogens is 4. The molecule has 2 aromatic carbocycles. The molecule has 3 N–H and O–H groups in total. The lowest BCUT2D eigenvalue weighted by atomic mass is 9.94. The van der Waals surface area contributed by atoms with Gasteiger partial charge in [0.25, 0.3) is 0 Å². The number of benzene rings is 2. The van der Waals surface area contributed by atoms with Crippen molar-refractivity contribution < 1.29 is 18.0 Å².